The Morgan fingerprint density at radius 3 is 2.33 bits per heavy atom. The predicted octanol–water partition coefficient (Wildman–Crippen LogP) is 4.80. The number of aryl methyl sites for hydroxylation is 2. The molecule has 0 saturated carbocycles. The summed E-state index contributed by atoms with van der Waals surface area (Å²) in [5.74, 6) is 1.84. The first-order valence-corrected chi connectivity index (χ1v) is 8.42. The SMILES string of the molecule is Cc1ccc(C)c(OCCCCCCNCC(C)C)c1C. The van der Waals surface area contributed by atoms with Crippen LogP contribution in [0, 0.1) is 26.7 Å². The minimum absolute atomic E-state index is 0.749. The Bertz CT molecular complexity index is 412. The molecule has 120 valence electrons. The lowest BCUT2D eigenvalue weighted by molar-refractivity contribution is 0.300. The fourth-order valence-corrected chi connectivity index (χ4v) is 2.42. The summed E-state index contributed by atoms with van der Waals surface area (Å²) >= 11 is 0. The van der Waals surface area contributed by atoms with Crippen molar-refractivity contribution < 1.29 is 4.74 Å². The molecular formula is C19H33NO. The molecule has 0 aliphatic carbocycles. The van der Waals surface area contributed by atoms with Gasteiger partial charge in [0, 0.05) is 0 Å². The Morgan fingerprint density at radius 2 is 1.62 bits per heavy atom. The summed E-state index contributed by atoms with van der Waals surface area (Å²) < 4.78 is 5.99. The number of hydrogen-bond acceptors (Lipinski definition) is 2. The van der Waals surface area contributed by atoms with E-state index in [1.807, 2.05) is 0 Å². The third-order valence-corrected chi connectivity index (χ3v) is 3.92. The molecule has 1 N–H and O–H groups in total. The molecular weight excluding hydrogens is 258 g/mol. The third kappa shape index (κ3) is 6.99. The number of rotatable bonds is 10. The average Bonchev–Trinajstić information content (AvgIpc) is 2.44. The Balaban J connectivity index is 2.11. The summed E-state index contributed by atoms with van der Waals surface area (Å²) in [7, 11) is 0. The van der Waals surface area contributed by atoms with Crippen molar-refractivity contribution in [2.24, 2.45) is 5.92 Å². The van der Waals surface area contributed by atoms with E-state index in [0.717, 1.165) is 37.8 Å². The lowest BCUT2D eigenvalue weighted by atomic mass is 10.1. The number of nitrogens with one attached hydrogen (secondary N) is 1. The molecule has 0 atom stereocenters. The van der Waals surface area contributed by atoms with Crippen LogP contribution in [0.3, 0.4) is 0 Å². The van der Waals surface area contributed by atoms with Crippen LogP contribution in [0.4, 0.5) is 0 Å². The molecule has 1 aromatic carbocycles. The van der Waals surface area contributed by atoms with Gasteiger partial charge in [-0.3, -0.25) is 0 Å². The minimum atomic E-state index is 0.749. The van der Waals surface area contributed by atoms with Crippen molar-refractivity contribution in [2.45, 2.75) is 60.3 Å². The number of hydrogen-bond donors (Lipinski definition) is 1. The molecule has 21 heavy (non-hydrogen) atoms. The van der Waals surface area contributed by atoms with Gasteiger partial charge in [-0.15, -0.1) is 0 Å². The van der Waals surface area contributed by atoms with Crippen molar-refractivity contribution >= 4 is 0 Å². The van der Waals surface area contributed by atoms with Crippen LogP contribution in [0.1, 0.15) is 56.2 Å². The van der Waals surface area contributed by atoms with E-state index in [1.165, 1.54) is 36.0 Å². The molecule has 0 bridgehead atoms. The Hall–Kier alpha value is -1.02. The van der Waals surface area contributed by atoms with Crippen LogP contribution in [-0.4, -0.2) is 19.7 Å². The van der Waals surface area contributed by atoms with Crippen LogP contribution in [0.25, 0.3) is 0 Å². The fourth-order valence-electron chi connectivity index (χ4n) is 2.42. The monoisotopic (exact) mass is 291 g/mol. The zero-order valence-electron chi connectivity index (χ0n) is 14.6. The molecule has 0 aliphatic rings. The lowest BCUT2D eigenvalue weighted by Gasteiger charge is -2.14. The molecule has 1 aromatic rings. The standard InChI is InChI=1S/C19H33NO/c1-15(2)14-20-12-8-6-7-9-13-21-19-17(4)11-10-16(3)18(19)5/h10-11,15,20H,6-9,12-14H2,1-5H3. The molecule has 0 spiro atoms. The fraction of sp³-hybridized carbons (Fsp3) is 0.684. The molecule has 0 amide bonds. The van der Waals surface area contributed by atoms with Crippen LogP contribution < -0.4 is 10.1 Å². The summed E-state index contributed by atoms with van der Waals surface area (Å²) in [6.45, 7) is 14.0. The third-order valence-electron chi connectivity index (χ3n) is 3.92. The highest BCUT2D eigenvalue weighted by molar-refractivity contribution is 5.44. The quantitative estimate of drug-likeness (QED) is 0.625. The largest absolute Gasteiger partial charge is 0.493 e. The maximum absolute atomic E-state index is 5.99. The van der Waals surface area contributed by atoms with E-state index in [9.17, 15) is 0 Å². The molecule has 1 rings (SSSR count). The van der Waals surface area contributed by atoms with Crippen LogP contribution in [0.2, 0.25) is 0 Å². The van der Waals surface area contributed by atoms with E-state index < -0.39 is 0 Å². The number of benzene rings is 1. The van der Waals surface area contributed by atoms with Gasteiger partial charge >= 0.3 is 0 Å². The summed E-state index contributed by atoms with van der Waals surface area (Å²) in [4.78, 5) is 0. The lowest BCUT2D eigenvalue weighted by Crippen LogP contribution is -2.20. The molecule has 0 aromatic heterocycles. The Labute approximate surface area is 131 Å². The molecule has 0 radical (unpaired) electrons. The van der Waals surface area contributed by atoms with Crippen LogP contribution >= 0.6 is 0 Å². The molecule has 0 saturated heterocycles. The number of ether oxygens (including phenoxy) is 1. The van der Waals surface area contributed by atoms with Gasteiger partial charge in [-0.05, 0) is 69.3 Å². The van der Waals surface area contributed by atoms with Gasteiger partial charge in [0.2, 0.25) is 0 Å². The Morgan fingerprint density at radius 1 is 0.952 bits per heavy atom. The normalized spacial score (nSPS) is 11.1. The predicted molar refractivity (Wildman–Crippen MR) is 92.3 cm³/mol. The van der Waals surface area contributed by atoms with Crippen molar-refractivity contribution in [3.8, 4) is 5.75 Å². The first kappa shape index (κ1) is 18.0. The van der Waals surface area contributed by atoms with Gasteiger partial charge in [0.1, 0.15) is 5.75 Å². The summed E-state index contributed by atoms with van der Waals surface area (Å²) in [5.41, 5.74) is 3.84. The van der Waals surface area contributed by atoms with Crippen molar-refractivity contribution in [2.75, 3.05) is 19.7 Å². The topological polar surface area (TPSA) is 21.3 Å². The summed E-state index contributed by atoms with van der Waals surface area (Å²) in [5, 5.41) is 3.49. The second kappa shape index (κ2) is 9.83. The van der Waals surface area contributed by atoms with Crippen molar-refractivity contribution in [3.63, 3.8) is 0 Å². The molecule has 2 nitrogen and oxygen atoms in total. The van der Waals surface area contributed by atoms with Crippen molar-refractivity contribution in [1.82, 2.24) is 5.32 Å². The maximum atomic E-state index is 5.99. The van der Waals surface area contributed by atoms with Crippen molar-refractivity contribution in [3.05, 3.63) is 28.8 Å². The zero-order chi connectivity index (χ0) is 15.7. The van der Waals surface area contributed by atoms with E-state index in [4.69, 9.17) is 4.74 Å². The Kier molecular flexibility index (Phi) is 8.44. The summed E-state index contributed by atoms with van der Waals surface area (Å²) in [6, 6.07) is 4.32. The van der Waals surface area contributed by atoms with Gasteiger partial charge in [-0.1, -0.05) is 38.8 Å². The van der Waals surface area contributed by atoms with Gasteiger partial charge in [-0.2, -0.15) is 0 Å². The molecule has 0 heterocycles. The second-order valence-electron chi connectivity index (χ2n) is 6.51. The van der Waals surface area contributed by atoms with Gasteiger partial charge in [0.25, 0.3) is 0 Å². The second-order valence-corrected chi connectivity index (χ2v) is 6.51. The molecule has 2 heteroatoms. The molecule has 0 unspecified atom stereocenters. The van der Waals surface area contributed by atoms with E-state index in [1.54, 1.807) is 0 Å². The van der Waals surface area contributed by atoms with Gasteiger partial charge < -0.3 is 10.1 Å². The van der Waals surface area contributed by atoms with Crippen molar-refractivity contribution in [1.29, 1.82) is 0 Å². The maximum Gasteiger partial charge on any atom is 0.125 e. The highest BCUT2D eigenvalue weighted by Gasteiger charge is 2.05. The average molecular weight is 291 g/mol. The van der Waals surface area contributed by atoms with E-state index >= 15 is 0 Å². The van der Waals surface area contributed by atoms with Gasteiger partial charge in [0.15, 0.2) is 0 Å². The smallest absolute Gasteiger partial charge is 0.125 e. The van der Waals surface area contributed by atoms with Gasteiger partial charge in [0.05, 0.1) is 6.61 Å². The van der Waals surface area contributed by atoms with E-state index in [-0.39, 0.29) is 0 Å². The minimum Gasteiger partial charge on any atom is -0.493 e. The van der Waals surface area contributed by atoms with E-state index in [2.05, 4.69) is 52.1 Å². The number of unbranched alkanes of at least 4 members (excludes halogenated alkanes) is 3. The van der Waals surface area contributed by atoms with E-state index in [0.29, 0.717) is 0 Å². The molecule has 0 fully saturated rings. The first-order chi connectivity index (χ1) is 10.0. The van der Waals surface area contributed by atoms with Gasteiger partial charge in [-0.25, -0.2) is 0 Å². The first-order valence-electron chi connectivity index (χ1n) is 8.42. The highest BCUT2D eigenvalue weighted by Crippen LogP contribution is 2.25. The summed E-state index contributed by atoms with van der Waals surface area (Å²) in [6.07, 6.45) is 4.97. The van der Waals surface area contributed by atoms with Crippen LogP contribution in [0.15, 0.2) is 12.1 Å². The van der Waals surface area contributed by atoms with Crippen LogP contribution in [0.5, 0.6) is 5.75 Å². The molecule has 0 aliphatic heterocycles. The zero-order valence-corrected chi connectivity index (χ0v) is 14.6. The highest BCUT2D eigenvalue weighted by atomic mass is 16.5. The van der Waals surface area contributed by atoms with Crippen LogP contribution in [-0.2, 0) is 0 Å².